The lowest BCUT2D eigenvalue weighted by atomic mass is 10.1. The van der Waals surface area contributed by atoms with Crippen molar-refractivity contribution < 1.29 is 0 Å². The van der Waals surface area contributed by atoms with Crippen molar-refractivity contribution in [1.82, 2.24) is 4.98 Å². The fourth-order valence-electron chi connectivity index (χ4n) is 1.15. The third kappa shape index (κ3) is 3.08. The number of pyridine rings is 1. The molecule has 0 radical (unpaired) electrons. The number of nitrogens with two attached hydrogens (primary N) is 1. The van der Waals surface area contributed by atoms with Gasteiger partial charge in [0.2, 0.25) is 0 Å². The zero-order chi connectivity index (χ0) is 9.84. The summed E-state index contributed by atoms with van der Waals surface area (Å²) >= 11 is 3.48. The monoisotopic (exact) mass is 242 g/mol. The number of aryl methyl sites for hydroxylation is 1. The summed E-state index contributed by atoms with van der Waals surface area (Å²) in [6.45, 7) is 4.85. The highest BCUT2D eigenvalue weighted by atomic mass is 79.9. The van der Waals surface area contributed by atoms with Gasteiger partial charge in [0, 0.05) is 10.2 Å². The van der Waals surface area contributed by atoms with Crippen molar-refractivity contribution in [2.24, 2.45) is 11.7 Å². The minimum absolute atomic E-state index is 0.491. The van der Waals surface area contributed by atoms with Gasteiger partial charge >= 0.3 is 0 Å². The van der Waals surface area contributed by atoms with Crippen molar-refractivity contribution >= 4 is 15.9 Å². The van der Waals surface area contributed by atoms with Crippen LogP contribution in [-0.2, 0) is 6.42 Å². The van der Waals surface area contributed by atoms with E-state index in [1.165, 1.54) is 0 Å². The second kappa shape index (κ2) is 4.72. The van der Waals surface area contributed by atoms with Crippen molar-refractivity contribution in [2.75, 3.05) is 6.54 Å². The number of rotatable bonds is 3. The van der Waals surface area contributed by atoms with Crippen molar-refractivity contribution in [3.05, 3.63) is 28.0 Å². The number of nitrogens with zero attached hydrogens (tertiary/aromatic N) is 1. The Kier molecular flexibility index (Phi) is 3.88. The summed E-state index contributed by atoms with van der Waals surface area (Å²) in [5.74, 6) is 0.491. The Morgan fingerprint density at radius 1 is 1.54 bits per heavy atom. The molecule has 0 amide bonds. The van der Waals surface area contributed by atoms with Crippen LogP contribution in [0.1, 0.15) is 18.3 Å². The van der Waals surface area contributed by atoms with E-state index in [0.29, 0.717) is 12.5 Å². The Hall–Kier alpha value is -0.410. The van der Waals surface area contributed by atoms with Crippen LogP contribution in [0.2, 0.25) is 0 Å². The Labute approximate surface area is 87.7 Å². The van der Waals surface area contributed by atoms with Gasteiger partial charge in [-0.3, -0.25) is 4.98 Å². The molecule has 1 aromatic heterocycles. The third-order valence-electron chi connectivity index (χ3n) is 2.00. The first-order chi connectivity index (χ1) is 6.13. The molecule has 72 valence electrons. The van der Waals surface area contributed by atoms with Crippen LogP contribution in [0.4, 0.5) is 0 Å². The standard InChI is InChI=1S/C10H15BrN2/c1-7(6-12)5-10-9(11)4-3-8(2)13-10/h3-4,7H,5-6,12H2,1-2H3. The van der Waals surface area contributed by atoms with E-state index >= 15 is 0 Å². The average Bonchev–Trinajstić information content (AvgIpc) is 2.11. The van der Waals surface area contributed by atoms with Crippen LogP contribution in [0.3, 0.4) is 0 Å². The van der Waals surface area contributed by atoms with Crippen molar-refractivity contribution in [2.45, 2.75) is 20.3 Å². The maximum atomic E-state index is 5.56. The summed E-state index contributed by atoms with van der Waals surface area (Å²) in [6.07, 6.45) is 0.943. The molecule has 1 aromatic rings. The van der Waals surface area contributed by atoms with Crippen LogP contribution in [-0.4, -0.2) is 11.5 Å². The van der Waals surface area contributed by atoms with E-state index in [9.17, 15) is 0 Å². The second-order valence-corrected chi connectivity index (χ2v) is 4.28. The number of halogens is 1. The smallest absolute Gasteiger partial charge is 0.0551 e. The van der Waals surface area contributed by atoms with Gasteiger partial charge in [-0.05, 0) is 53.9 Å². The molecule has 0 aliphatic rings. The van der Waals surface area contributed by atoms with Crippen molar-refractivity contribution in [3.8, 4) is 0 Å². The summed E-state index contributed by atoms with van der Waals surface area (Å²) in [5, 5.41) is 0. The molecule has 1 heterocycles. The van der Waals surface area contributed by atoms with E-state index in [2.05, 4.69) is 27.8 Å². The van der Waals surface area contributed by atoms with Gasteiger partial charge in [-0.15, -0.1) is 0 Å². The SMILES string of the molecule is Cc1ccc(Br)c(CC(C)CN)n1. The Balaban J connectivity index is 2.81. The van der Waals surface area contributed by atoms with Crippen molar-refractivity contribution in [1.29, 1.82) is 0 Å². The highest BCUT2D eigenvalue weighted by molar-refractivity contribution is 9.10. The summed E-state index contributed by atoms with van der Waals surface area (Å²) in [4.78, 5) is 4.46. The summed E-state index contributed by atoms with van der Waals surface area (Å²) < 4.78 is 1.08. The van der Waals surface area contributed by atoms with E-state index in [1.807, 2.05) is 19.1 Å². The van der Waals surface area contributed by atoms with Crippen LogP contribution in [0.25, 0.3) is 0 Å². The molecule has 0 spiro atoms. The van der Waals surface area contributed by atoms with Gasteiger partial charge in [-0.1, -0.05) is 6.92 Å². The Morgan fingerprint density at radius 3 is 2.85 bits per heavy atom. The lowest BCUT2D eigenvalue weighted by Gasteiger charge is -2.09. The predicted molar refractivity (Wildman–Crippen MR) is 58.6 cm³/mol. The van der Waals surface area contributed by atoms with Crippen LogP contribution in [0.5, 0.6) is 0 Å². The van der Waals surface area contributed by atoms with Gasteiger partial charge < -0.3 is 5.73 Å². The van der Waals surface area contributed by atoms with Gasteiger partial charge in [0.05, 0.1) is 5.69 Å². The zero-order valence-corrected chi connectivity index (χ0v) is 9.63. The molecule has 13 heavy (non-hydrogen) atoms. The molecule has 0 bridgehead atoms. The molecule has 0 aliphatic heterocycles. The average molecular weight is 243 g/mol. The fraction of sp³-hybridized carbons (Fsp3) is 0.500. The Bertz CT molecular complexity index is 286. The molecular formula is C10H15BrN2. The fourth-order valence-corrected chi connectivity index (χ4v) is 1.53. The molecule has 0 saturated heterocycles. The first-order valence-corrected chi connectivity index (χ1v) is 5.25. The number of hydrogen-bond donors (Lipinski definition) is 1. The lowest BCUT2D eigenvalue weighted by molar-refractivity contribution is 0.582. The summed E-state index contributed by atoms with van der Waals surface area (Å²) in [5.41, 5.74) is 7.73. The number of aromatic nitrogens is 1. The maximum Gasteiger partial charge on any atom is 0.0551 e. The largest absolute Gasteiger partial charge is 0.330 e. The Morgan fingerprint density at radius 2 is 2.23 bits per heavy atom. The first kappa shape index (κ1) is 10.7. The quantitative estimate of drug-likeness (QED) is 0.884. The molecule has 0 fully saturated rings. The number of hydrogen-bond acceptors (Lipinski definition) is 2. The van der Waals surface area contributed by atoms with E-state index in [-0.39, 0.29) is 0 Å². The predicted octanol–water partition coefficient (Wildman–Crippen LogP) is 2.29. The topological polar surface area (TPSA) is 38.9 Å². The summed E-state index contributed by atoms with van der Waals surface area (Å²) in [7, 11) is 0. The molecule has 1 atom stereocenters. The molecule has 0 aromatic carbocycles. The normalized spacial score (nSPS) is 12.9. The van der Waals surface area contributed by atoms with E-state index in [1.54, 1.807) is 0 Å². The molecule has 1 unspecified atom stereocenters. The second-order valence-electron chi connectivity index (χ2n) is 3.43. The van der Waals surface area contributed by atoms with E-state index in [0.717, 1.165) is 22.3 Å². The van der Waals surface area contributed by atoms with Gasteiger partial charge in [0.1, 0.15) is 0 Å². The molecule has 3 heteroatoms. The van der Waals surface area contributed by atoms with Crippen LogP contribution in [0, 0.1) is 12.8 Å². The molecular weight excluding hydrogens is 228 g/mol. The first-order valence-electron chi connectivity index (χ1n) is 4.45. The van der Waals surface area contributed by atoms with Gasteiger partial charge in [0.25, 0.3) is 0 Å². The van der Waals surface area contributed by atoms with Crippen LogP contribution < -0.4 is 5.73 Å². The highest BCUT2D eigenvalue weighted by Crippen LogP contribution is 2.17. The highest BCUT2D eigenvalue weighted by Gasteiger charge is 2.06. The molecule has 0 saturated carbocycles. The van der Waals surface area contributed by atoms with Crippen LogP contribution in [0.15, 0.2) is 16.6 Å². The maximum absolute atomic E-state index is 5.56. The van der Waals surface area contributed by atoms with E-state index < -0.39 is 0 Å². The molecule has 0 aliphatic carbocycles. The van der Waals surface area contributed by atoms with Gasteiger partial charge in [0.15, 0.2) is 0 Å². The van der Waals surface area contributed by atoms with Crippen molar-refractivity contribution in [3.63, 3.8) is 0 Å². The van der Waals surface area contributed by atoms with Gasteiger partial charge in [-0.2, -0.15) is 0 Å². The minimum atomic E-state index is 0.491. The van der Waals surface area contributed by atoms with E-state index in [4.69, 9.17) is 5.73 Å². The minimum Gasteiger partial charge on any atom is -0.330 e. The van der Waals surface area contributed by atoms with Gasteiger partial charge in [-0.25, -0.2) is 0 Å². The zero-order valence-electron chi connectivity index (χ0n) is 8.05. The lowest BCUT2D eigenvalue weighted by Crippen LogP contribution is -2.14. The molecule has 1 rings (SSSR count). The van der Waals surface area contributed by atoms with Crippen LogP contribution >= 0.6 is 15.9 Å². The summed E-state index contributed by atoms with van der Waals surface area (Å²) in [6, 6.07) is 4.04. The molecule has 2 nitrogen and oxygen atoms in total. The third-order valence-corrected chi connectivity index (χ3v) is 2.72. The molecule has 2 N–H and O–H groups in total.